The molecule has 19 heavy (non-hydrogen) atoms. The second-order valence-corrected chi connectivity index (χ2v) is 4.82. The molecule has 0 aromatic carbocycles. The lowest BCUT2D eigenvalue weighted by atomic mass is 10.2. The molecule has 1 amide bonds. The van der Waals surface area contributed by atoms with Crippen LogP contribution in [0.2, 0.25) is 0 Å². The smallest absolute Gasteiger partial charge is 0.253 e. The maximum atomic E-state index is 12.3. The van der Waals surface area contributed by atoms with E-state index in [0.29, 0.717) is 13.2 Å². The predicted molar refractivity (Wildman–Crippen MR) is 80.1 cm³/mol. The first-order valence-electron chi connectivity index (χ1n) is 6.60. The van der Waals surface area contributed by atoms with Gasteiger partial charge in [-0.3, -0.25) is 9.69 Å². The quantitative estimate of drug-likeness (QED) is 0.824. The van der Waals surface area contributed by atoms with Crippen LogP contribution in [0.15, 0.2) is 0 Å². The Morgan fingerprint density at radius 3 is 2.74 bits per heavy atom. The van der Waals surface area contributed by atoms with Crippen LogP contribution in [0.4, 0.5) is 0 Å². The lowest BCUT2D eigenvalue weighted by Gasteiger charge is -2.34. The molecule has 0 bridgehead atoms. The third kappa shape index (κ3) is 4.46. The second-order valence-electron chi connectivity index (χ2n) is 4.82. The highest BCUT2D eigenvalue weighted by molar-refractivity contribution is 5.85. The molecule has 0 aromatic rings. The van der Waals surface area contributed by atoms with Crippen molar-refractivity contribution in [2.75, 3.05) is 39.3 Å². The van der Waals surface area contributed by atoms with Gasteiger partial charge >= 0.3 is 0 Å². The van der Waals surface area contributed by atoms with Crippen LogP contribution in [0.1, 0.15) is 19.8 Å². The fourth-order valence-electron chi connectivity index (χ4n) is 2.70. The normalized spacial score (nSPS) is 27.6. The number of carbonyl (C=O) groups is 1. The summed E-state index contributed by atoms with van der Waals surface area (Å²) in [7, 11) is 0. The fraction of sp³-hybridized carbons (Fsp3) is 0.917. The molecule has 0 aromatic heterocycles. The minimum Gasteiger partial charge on any atom is -0.366 e. The van der Waals surface area contributed by atoms with Crippen molar-refractivity contribution < 1.29 is 9.53 Å². The van der Waals surface area contributed by atoms with Gasteiger partial charge in [-0.25, -0.2) is 0 Å². The Morgan fingerprint density at radius 1 is 1.37 bits per heavy atom. The number of morpholine rings is 1. The van der Waals surface area contributed by atoms with Crippen molar-refractivity contribution in [3.8, 4) is 0 Å². The molecule has 0 aliphatic carbocycles. The largest absolute Gasteiger partial charge is 0.366 e. The van der Waals surface area contributed by atoms with Crippen molar-refractivity contribution in [2.45, 2.75) is 31.9 Å². The third-order valence-electron chi connectivity index (χ3n) is 3.81. The highest BCUT2D eigenvalue weighted by atomic mass is 35.5. The molecule has 2 atom stereocenters. The van der Waals surface area contributed by atoms with Gasteiger partial charge in [0.2, 0.25) is 0 Å². The number of hydrogen-bond acceptors (Lipinski definition) is 4. The van der Waals surface area contributed by atoms with Gasteiger partial charge < -0.3 is 15.4 Å². The molecule has 2 unspecified atom stereocenters. The summed E-state index contributed by atoms with van der Waals surface area (Å²) in [5.74, 6) is 0.135. The highest BCUT2D eigenvalue weighted by Gasteiger charge is 2.34. The minimum absolute atomic E-state index is 0. The molecule has 2 N–H and O–H groups in total. The van der Waals surface area contributed by atoms with Gasteiger partial charge in [0.1, 0.15) is 6.10 Å². The van der Waals surface area contributed by atoms with Crippen LogP contribution in [-0.2, 0) is 9.53 Å². The fourth-order valence-corrected chi connectivity index (χ4v) is 2.70. The number of likely N-dealkylation sites (tertiary alicyclic amines) is 1. The molecule has 114 valence electrons. The van der Waals surface area contributed by atoms with Gasteiger partial charge in [-0.05, 0) is 19.4 Å². The van der Waals surface area contributed by atoms with Crippen molar-refractivity contribution in [1.82, 2.24) is 9.80 Å². The van der Waals surface area contributed by atoms with E-state index in [1.165, 1.54) is 0 Å². The first-order chi connectivity index (χ1) is 8.26. The summed E-state index contributed by atoms with van der Waals surface area (Å²) in [6.07, 6.45) is 1.82. The average Bonchev–Trinajstić information content (AvgIpc) is 2.86. The van der Waals surface area contributed by atoms with E-state index in [2.05, 4.69) is 11.8 Å². The summed E-state index contributed by atoms with van der Waals surface area (Å²) in [5, 5.41) is 0. The molecule has 2 saturated heterocycles. The van der Waals surface area contributed by atoms with Crippen LogP contribution in [0.5, 0.6) is 0 Å². The summed E-state index contributed by atoms with van der Waals surface area (Å²) >= 11 is 0. The monoisotopic (exact) mass is 313 g/mol. The molecule has 0 spiro atoms. The van der Waals surface area contributed by atoms with Gasteiger partial charge in [0, 0.05) is 32.2 Å². The number of amides is 1. The number of hydrogen-bond donors (Lipinski definition) is 1. The van der Waals surface area contributed by atoms with Crippen LogP contribution >= 0.6 is 24.8 Å². The van der Waals surface area contributed by atoms with E-state index in [9.17, 15) is 4.79 Å². The third-order valence-corrected chi connectivity index (χ3v) is 3.81. The Morgan fingerprint density at radius 2 is 2.11 bits per heavy atom. The Kier molecular flexibility index (Phi) is 8.94. The van der Waals surface area contributed by atoms with Gasteiger partial charge in [0.25, 0.3) is 5.91 Å². The second kappa shape index (κ2) is 8.97. The van der Waals surface area contributed by atoms with Gasteiger partial charge in [0.15, 0.2) is 0 Å². The van der Waals surface area contributed by atoms with Crippen LogP contribution < -0.4 is 5.73 Å². The van der Waals surface area contributed by atoms with Crippen molar-refractivity contribution in [3.63, 3.8) is 0 Å². The number of rotatable bonds is 3. The van der Waals surface area contributed by atoms with Crippen LogP contribution in [0.25, 0.3) is 0 Å². The molecule has 7 heteroatoms. The molecule has 2 fully saturated rings. The number of halogens is 2. The summed E-state index contributed by atoms with van der Waals surface area (Å²) in [6, 6.07) is 0.225. The first-order valence-corrected chi connectivity index (χ1v) is 6.60. The first kappa shape index (κ1) is 18.9. The molecule has 0 radical (unpaired) electrons. The van der Waals surface area contributed by atoms with Gasteiger partial charge in [0.05, 0.1) is 6.61 Å². The topological polar surface area (TPSA) is 58.8 Å². The van der Waals surface area contributed by atoms with E-state index < -0.39 is 0 Å². The number of nitrogens with two attached hydrogens (primary N) is 1. The summed E-state index contributed by atoms with van der Waals surface area (Å²) in [5.41, 5.74) is 5.70. The number of carbonyl (C=O) groups excluding carboxylic acids is 1. The van der Waals surface area contributed by atoms with Crippen molar-refractivity contribution in [2.24, 2.45) is 5.73 Å². The Bertz CT molecular complexity index is 282. The SMILES string of the molecule is CCN1CCOC(C(=O)N2CCCC2CN)C1.Cl.Cl. The van der Waals surface area contributed by atoms with Crippen molar-refractivity contribution in [1.29, 1.82) is 0 Å². The molecule has 2 aliphatic heterocycles. The van der Waals surface area contributed by atoms with Gasteiger partial charge in [-0.2, -0.15) is 0 Å². The summed E-state index contributed by atoms with van der Waals surface area (Å²) in [4.78, 5) is 16.5. The summed E-state index contributed by atoms with van der Waals surface area (Å²) < 4.78 is 5.60. The minimum atomic E-state index is -0.282. The Labute approximate surface area is 127 Å². The van der Waals surface area contributed by atoms with E-state index >= 15 is 0 Å². The number of ether oxygens (including phenoxy) is 1. The van der Waals surface area contributed by atoms with Crippen LogP contribution in [0.3, 0.4) is 0 Å². The average molecular weight is 314 g/mol. The lowest BCUT2D eigenvalue weighted by Crippen LogP contribution is -2.52. The maximum Gasteiger partial charge on any atom is 0.253 e. The van der Waals surface area contributed by atoms with Crippen LogP contribution in [0, 0.1) is 0 Å². The molecule has 2 heterocycles. The molecule has 2 aliphatic rings. The number of likely N-dealkylation sites (N-methyl/N-ethyl adjacent to an activating group) is 1. The van der Waals surface area contributed by atoms with Crippen LogP contribution in [-0.4, -0.2) is 67.2 Å². The molecular formula is C12H25Cl2N3O2. The van der Waals surface area contributed by atoms with Gasteiger partial charge in [-0.15, -0.1) is 24.8 Å². The highest BCUT2D eigenvalue weighted by Crippen LogP contribution is 2.19. The zero-order valence-electron chi connectivity index (χ0n) is 11.4. The standard InChI is InChI=1S/C12H23N3O2.2ClH/c1-2-14-6-7-17-11(9-14)12(16)15-5-3-4-10(15)8-13;;/h10-11H,2-9,13H2,1H3;2*1H. The van der Waals surface area contributed by atoms with E-state index in [1.807, 2.05) is 4.90 Å². The predicted octanol–water partition coefficient (Wildman–Crippen LogP) is 0.500. The van der Waals surface area contributed by atoms with Gasteiger partial charge in [-0.1, -0.05) is 6.92 Å². The molecular weight excluding hydrogens is 289 g/mol. The number of nitrogens with zero attached hydrogens (tertiary/aromatic N) is 2. The zero-order valence-corrected chi connectivity index (χ0v) is 13.0. The molecule has 0 saturated carbocycles. The van der Waals surface area contributed by atoms with E-state index in [0.717, 1.165) is 39.0 Å². The lowest BCUT2D eigenvalue weighted by molar-refractivity contribution is -0.150. The Hall–Kier alpha value is -0.0700. The van der Waals surface area contributed by atoms with E-state index in [1.54, 1.807) is 0 Å². The summed E-state index contributed by atoms with van der Waals surface area (Å²) in [6.45, 7) is 6.82. The van der Waals surface area contributed by atoms with E-state index in [4.69, 9.17) is 10.5 Å². The zero-order chi connectivity index (χ0) is 12.3. The van der Waals surface area contributed by atoms with Crippen molar-refractivity contribution >= 4 is 30.7 Å². The van der Waals surface area contributed by atoms with Crippen molar-refractivity contribution in [3.05, 3.63) is 0 Å². The van der Waals surface area contributed by atoms with E-state index in [-0.39, 0.29) is 42.9 Å². The molecule has 5 nitrogen and oxygen atoms in total. The molecule has 2 rings (SSSR count). The maximum absolute atomic E-state index is 12.3. The Balaban J connectivity index is 0.00000162.